The van der Waals surface area contributed by atoms with Crippen molar-refractivity contribution in [1.29, 1.82) is 0 Å². The van der Waals surface area contributed by atoms with Gasteiger partial charge in [-0.25, -0.2) is 18.1 Å². The molecule has 2 heterocycles. The highest BCUT2D eigenvalue weighted by molar-refractivity contribution is 7.88. The summed E-state index contributed by atoms with van der Waals surface area (Å²) in [7, 11) is -0.313. The summed E-state index contributed by atoms with van der Waals surface area (Å²) in [5, 5.41) is 0. The molecule has 9 nitrogen and oxygen atoms in total. The standard InChI is InChI=1S/C19H25N3O6S/c1-26-11-9-19(21-29(3,24)25)8-10-22(12-19)18(23)16-17(28-13-20-16)14-4-6-15(27-2)7-5-14/h4-7,13,21H,8-12H2,1-3H3. The zero-order chi connectivity index (χ0) is 21.1. The van der Waals surface area contributed by atoms with E-state index in [1.807, 2.05) is 0 Å². The van der Waals surface area contributed by atoms with Crippen molar-refractivity contribution in [2.45, 2.75) is 18.4 Å². The number of nitrogens with zero attached hydrogens (tertiary/aromatic N) is 2. The number of methoxy groups -OCH3 is 2. The first-order valence-corrected chi connectivity index (χ1v) is 11.0. The summed E-state index contributed by atoms with van der Waals surface area (Å²) in [6.45, 7) is 1.02. The average molecular weight is 423 g/mol. The smallest absolute Gasteiger partial charge is 0.276 e. The summed E-state index contributed by atoms with van der Waals surface area (Å²) in [5.74, 6) is 0.748. The molecule has 29 heavy (non-hydrogen) atoms. The van der Waals surface area contributed by atoms with Crippen LogP contribution in [0.15, 0.2) is 35.1 Å². The van der Waals surface area contributed by atoms with Crippen molar-refractivity contribution in [2.75, 3.05) is 40.2 Å². The quantitative estimate of drug-likeness (QED) is 0.685. The second kappa shape index (κ2) is 8.52. The number of benzene rings is 1. The van der Waals surface area contributed by atoms with Gasteiger partial charge in [-0.05, 0) is 37.1 Å². The van der Waals surface area contributed by atoms with Crippen LogP contribution in [0.4, 0.5) is 0 Å². The topological polar surface area (TPSA) is 111 Å². The van der Waals surface area contributed by atoms with E-state index in [1.54, 1.807) is 43.4 Å². The van der Waals surface area contributed by atoms with E-state index in [0.717, 1.165) is 6.26 Å². The molecule has 1 atom stereocenters. The largest absolute Gasteiger partial charge is 0.497 e. The molecule has 1 aliphatic heterocycles. The van der Waals surface area contributed by atoms with E-state index >= 15 is 0 Å². The predicted molar refractivity (Wildman–Crippen MR) is 106 cm³/mol. The summed E-state index contributed by atoms with van der Waals surface area (Å²) in [4.78, 5) is 18.8. The van der Waals surface area contributed by atoms with Crippen molar-refractivity contribution < 1.29 is 27.1 Å². The molecule has 1 saturated heterocycles. The fraction of sp³-hybridized carbons (Fsp3) is 0.474. The van der Waals surface area contributed by atoms with Crippen molar-refractivity contribution in [3.63, 3.8) is 0 Å². The molecule has 1 fully saturated rings. The number of aromatic nitrogens is 1. The van der Waals surface area contributed by atoms with Gasteiger partial charge in [0.2, 0.25) is 10.0 Å². The number of hydrogen-bond donors (Lipinski definition) is 1. The van der Waals surface area contributed by atoms with E-state index in [9.17, 15) is 13.2 Å². The van der Waals surface area contributed by atoms with E-state index in [0.29, 0.717) is 43.1 Å². The predicted octanol–water partition coefficient (Wildman–Crippen LogP) is 1.52. The number of rotatable bonds is 8. The molecule has 3 rings (SSSR count). The Hall–Kier alpha value is -2.43. The second-order valence-corrected chi connectivity index (χ2v) is 8.88. The molecule has 0 spiro atoms. The van der Waals surface area contributed by atoms with Crippen LogP contribution in [0.1, 0.15) is 23.3 Å². The molecule has 1 aromatic carbocycles. The van der Waals surface area contributed by atoms with Crippen molar-refractivity contribution in [3.8, 4) is 17.1 Å². The van der Waals surface area contributed by atoms with Gasteiger partial charge in [0.05, 0.1) is 18.9 Å². The fourth-order valence-corrected chi connectivity index (χ4v) is 4.63. The highest BCUT2D eigenvalue weighted by atomic mass is 32.2. The Kier molecular flexibility index (Phi) is 6.25. The van der Waals surface area contributed by atoms with Gasteiger partial charge < -0.3 is 18.8 Å². The van der Waals surface area contributed by atoms with Crippen LogP contribution in [-0.4, -0.2) is 69.9 Å². The summed E-state index contributed by atoms with van der Waals surface area (Å²) < 4.78 is 42.2. The van der Waals surface area contributed by atoms with E-state index in [-0.39, 0.29) is 18.1 Å². The molecule has 1 amide bonds. The Morgan fingerprint density at radius 1 is 1.31 bits per heavy atom. The van der Waals surface area contributed by atoms with Gasteiger partial charge in [0.15, 0.2) is 17.8 Å². The summed E-state index contributed by atoms with van der Waals surface area (Å²) in [5.41, 5.74) is 0.131. The number of oxazole rings is 1. The number of amides is 1. The van der Waals surface area contributed by atoms with Crippen molar-refractivity contribution in [3.05, 3.63) is 36.4 Å². The Morgan fingerprint density at radius 3 is 2.66 bits per heavy atom. The third kappa shape index (κ3) is 4.95. The van der Waals surface area contributed by atoms with Crippen molar-refractivity contribution in [1.82, 2.24) is 14.6 Å². The molecule has 1 N–H and O–H groups in total. The SMILES string of the molecule is COCCC1(NS(C)(=O)=O)CCN(C(=O)c2ncoc2-c2ccc(OC)cc2)C1. The van der Waals surface area contributed by atoms with E-state index in [1.165, 1.54) is 6.39 Å². The number of ether oxygens (including phenoxy) is 2. The molecule has 158 valence electrons. The van der Waals surface area contributed by atoms with Crippen LogP contribution in [0.25, 0.3) is 11.3 Å². The first kappa shape index (κ1) is 21.3. The van der Waals surface area contributed by atoms with Gasteiger partial charge in [-0.2, -0.15) is 0 Å². The average Bonchev–Trinajstić information content (AvgIpc) is 3.32. The van der Waals surface area contributed by atoms with Gasteiger partial charge in [-0.15, -0.1) is 0 Å². The maximum atomic E-state index is 13.1. The highest BCUT2D eigenvalue weighted by Crippen LogP contribution is 2.30. The molecule has 0 radical (unpaired) electrons. The molecule has 2 aromatic rings. The number of hydrogen-bond acceptors (Lipinski definition) is 7. The first-order chi connectivity index (χ1) is 13.8. The maximum absolute atomic E-state index is 13.1. The van der Waals surface area contributed by atoms with Crippen LogP contribution in [0.5, 0.6) is 5.75 Å². The van der Waals surface area contributed by atoms with Crippen LogP contribution < -0.4 is 9.46 Å². The van der Waals surface area contributed by atoms with E-state index in [2.05, 4.69) is 9.71 Å². The first-order valence-electron chi connectivity index (χ1n) is 9.12. The third-order valence-corrected chi connectivity index (χ3v) is 5.75. The van der Waals surface area contributed by atoms with E-state index < -0.39 is 15.6 Å². The minimum Gasteiger partial charge on any atom is -0.497 e. The normalized spacial score (nSPS) is 19.5. The minimum atomic E-state index is -3.45. The zero-order valence-corrected chi connectivity index (χ0v) is 17.5. The Morgan fingerprint density at radius 2 is 2.03 bits per heavy atom. The van der Waals surface area contributed by atoms with Gasteiger partial charge in [0.1, 0.15) is 5.75 Å². The molecule has 1 unspecified atom stereocenters. The Labute approximate surface area is 170 Å². The Balaban J connectivity index is 1.82. The zero-order valence-electron chi connectivity index (χ0n) is 16.7. The number of nitrogens with one attached hydrogen (secondary N) is 1. The number of likely N-dealkylation sites (tertiary alicyclic amines) is 1. The maximum Gasteiger partial charge on any atom is 0.276 e. The lowest BCUT2D eigenvalue weighted by Gasteiger charge is -2.29. The van der Waals surface area contributed by atoms with Gasteiger partial charge >= 0.3 is 0 Å². The van der Waals surface area contributed by atoms with Gasteiger partial charge in [-0.1, -0.05) is 0 Å². The molecule has 0 aliphatic carbocycles. The summed E-state index contributed by atoms with van der Waals surface area (Å²) in [6.07, 6.45) is 3.30. The van der Waals surface area contributed by atoms with Gasteiger partial charge in [0.25, 0.3) is 5.91 Å². The molecule has 0 saturated carbocycles. The number of carbonyl (C=O) groups excluding carboxylic acids is 1. The van der Waals surface area contributed by atoms with Crippen LogP contribution in [0.3, 0.4) is 0 Å². The summed E-state index contributed by atoms with van der Waals surface area (Å²) in [6, 6.07) is 7.12. The van der Waals surface area contributed by atoms with Gasteiger partial charge in [-0.3, -0.25) is 4.79 Å². The lowest BCUT2D eigenvalue weighted by atomic mass is 9.96. The molecular weight excluding hydrogens is 398 g/mol. The molecule has 1 aliphatic rings. The molecule has 10 heteroatoms. The number of sulfonamides is 1. The Bertz CT molecular complexity index is 957. The summed E-state index contributed by atoms with van der Waals surface area (Å²) >= 11 is 0. The second-order valence-electron chi connectivity index (χ2n) is 7.13. The highest BCUT2D eigenvalue weighted by Gasteiger charge is 2.42. The van der Waals surface area contributed by atoms with Crippen LogP contribution in [-0.2, 0) is 14.8 Å². The lowest BCUT2D eigenvalue weighted by molar-refractivity contribution is 0.0770. The number of carbonyl (C=O) groups is 1. The minimum absolute atomic E-state index is 0.192. The molecule has 0 bridgehead atoms. The van der Waals surface area contributed by atoms with Crippen LogP contribution >= 0.6 is 0 Å². The van der Waals surface area contributed by atoms with Crippen molar-refractivity contribution in [2.24, 2.45) is 0 Å². The molecular formula is C19H25N3O6S. The van der Waals surface area contributed by atoms with Crippen molar-refractivity contribution >= 4 is 15.9 Å². The van der Waals surface area contributed by atoms with Crippen LogP contribution in [0, 0.1) is 0 Å². The monoisotopic (exact) mass is 423 g/mol. The lowest BCUT2D eigenvalue weighted by Crippen LogP contribution is -2.51. The fourth-order valence-electron chi connectivity index (χ4n) is 3.57. The van der Waals surface area contributed by atoms with Crippen LogP contribution in [0.2, 0.25) is 0 Å². The third-order valence-electron chi connectivity index (χ3n) is 4.95. The molecule has 1 aromatic heterocycles. The van der Waals surface area contributed by atoms with Gasteiger partial charge in [0, 0.05) is 32.4 Å². The van der Waals surface area contributed by atoms with E-state index in [4.69, 9.17) is 13.9 Å².